The summed E-state index contributed by atoms with van der Waals surface area (Å²) in [5.74, 6) is -0.906. The Labute approximate surface area is 173 Å². The number of halogens is 1. The second-order valence-corrected chi connectivity index (χ2v) is 7.97. The van der Waals surface area contributed by atoms with Crippen LogP contribution in [0.5, 0.6) is 0 Å². The van der Waals surface area contributed by atoms with E-state index in [2.05, 4.69) is 26.2 Å². The molecule has 7 nitrogen and oxygen atoms in total. The van der Waals surface area contributed by atoms with E-state index in [9.17, 15) is 14.4 Å². The number of carbonyl (C=O) groups excluding carboxylic acids is 2. The standard InChI is InChI=1S/C19H18BrN3O4S/c1-3-12-8-14(19(26)27-4-2)17(28-12)22-16(24)9-23-10-21-15-6-5-11(20)7-13(15)18(23)25/h5-8,10H,3-4,9H2,1-2H3,(H,22,24). The van der Waals surface area contributed by atoms with Gasteiger partial charge in [0.1, 0.15) is 11.5 Å². The van der Waals surface area contributed by atoms with Crippen molar-refractivity contribution in [3.63, 3.8) is 0 Å². The molecule has 0 saturated heterocycles. The Kier molecular flexibility index (Phi) is 6.25. The first kappa shape index (κ1) is 20.2. The Morgan fingerprint density at radius 3 is 2.79 bits per heavy atom. The maximum Gasteiger partial charge on any atom is 0.341 e. The van der Waals surface area contributed by atoms with Crippen molar-refractivity contribution < 1.29 is 14.3 Å². The molecule has 9 heteroatoms. The third-order valence-corrected chi connectivity index (χ3v) is 5.67. The lowest BCUT2D eigenvalue weighted by atomic mass is 10.2. The van der Waals surface area contributed by atoms with Gasteiger partial charge in [0.15, 0.2) is 0 Å². The van der Waals surface area contributed by atoms with Crippen LogP contribution >= 0.6 is 27.3 Å². The van der Waals surface area contributed by atoms with Crippen molar-refractivity contribution in [1.29, 1.82) is 0 Å². The molecule has 0 fully saturated rings. The number of anilines is 1. The number of thiophene rings is 1. The minimum Gasteiger partial charge on any atom is -0.462 e. The van der Waals surface area contributed by atoms with Crippen LogP contribution in [0.15, 0.2) is 39.9 Å². The number of benzene rings is 1. The lowest BCUT2D eigenvalue weighted by Gasteiger charge is -2.08. The third kappa shape index (κ3) is 4.31. The largest absolute Gasteiger partial charge is 0.462 e. The highest BCUT2D eigenvalue weighted by Gasteiger charge is 2.19. The molecule has 28 heavy (non-hydrogen) atoms. The number of aryl methyl sites for hydroxylation is 1. The Hall–Kier alpha value is -2.52. The van der Waals surface area contributed by atoms with E-state index in [0.717, 1.165) is 15.8 Å². The Morgan fingerprint density at radius 2 is 2.07 bits per heavy atom. The first-order chi connectivity index (χ1) is 13.4. The van der Waals surface area contributed by atoms with Crippen molar-refractivity contribution in [3.05, 3.63) is 55.9 Å². The van der Waals surface area contributed by atoms with E-state index in [-0.39, 0.29) is 18.7 Å². The van der Waals surface area contributed by atoms with Crippen LogP contribution in [0.3, 0.4) is 0 Å². The Bertz CT molecular complexity index is 1110. The van der Waals surface area contributed by atoms with Gasteiger partial charge in [-0.1, -0.05) is 22.9 Å². The molecule has 3 rings (SSSR count). The number of fused-ring (bicyclic) bond motifs is 1. The summed E-state index contributed by atoms with van der Waals surface area (Å²) in [5.41, 5.74) is 0.567. The van der Waals surface area contributed by atoms with Crippen LogP contribution in [0.4, 0.5) is 5.00 Å². The maximum atomic E-state index is 12.6. The summed E-state index contributed by atoms with van der Waals surface area (Å²) in [6.07, 6.45) is 2.08. The van der Waals surface area contributed by atoms with Gasteiger partial charge in [0.05, 0.1) is 29.4 Å². The van der Waals surface area contributed by atoms with E-state index < -0.39 is 11.9 Å². The third-order valence-electron chi connectivity index (χ3n) is 3.98. The highest BCUT2D eigenvalue weighted by molar-refractivity contribution is 9.10. The number of nitrogens with zero attached hydrogens (tertiary/aromatic N) is 2. The molecule has 3 aromatic rings. The normalized spacial score (nSPS) is 10.8. The van der Waals surface area contributed by atoms with E-state index >= 15 is 0 Å². The van der Waals surface area contributed by atoms with E-state index in [4.69, 9.17) is 4.74 Å². The molecule has 0 unspecified atom stereocenters. The zero-order valence-corrected chi connectivity index (χ0v) is 17.7. The van der Waals surface area contributed by atoms with E-state index in [1.165, 1.54) is 22.2 Å². The molecular formula is C19H18BrN3O4S. The van der Waals surface area contributed by atoms with Crippen molar-refractivity contribution in [2.45, 2.75) is 26.8 Å². The number of ether oxygens (including phenoxy) is 1. The first-order valence-electron chi connectivity index (χ1n) is 8.67. The Balaban J connectivity index is 1.84. The highest BCUT2D eigenvalue weighted by Crippen LogP contribution is 2.29. The molecule has 0 saturated carbocycles. The van der Waals surface area contributed by atoms with Gasteiger partial charge >= 0.3 is 5.97 Å². The molecule has 2 heterocycles. The number of esters is 1. The minimum absolute atomic E-state index is 0.212. The van der Waals surface area contributed by atoms with Gasteiger partial charge in [0, 0.05) is 9.35 Å². The van der Waals surface area contributed by atoms with Gasteiger partial charge in [-0.25, -0.2) is 9.78 Å². The molecule has 146 valence electrons. The van der Waals surface area contributed by atoms with Gasteiger partial charge in [0.25, 0.3) is 5.56 Å². The van der Waals surface area contributed by atoms with Gasteiger partial charge in [-0.2, -0.15) is 0 Å². The predicted octanol–water partition coefficient (Wildman–Crippen LogP) is 3.60. The summed E-state index contributed by atoms with van der Waals surface area (Å²) >= 11 is 4.65. The van der Waals surface area contributed by atoms with E-state index in [0.29, 0.717) is 21.5 Å². The molecule has 0 spiro atoms. The van der Waals surface area contributed by atoms with Crippen LogP contribution in [0, 0.1) is 0 Å². The van der Waals surface area contributed by atoms with Crippen molar-refractivity contribution in [3.8, 4) is 0 Å². The Morgan fingerprint density at radius 1 is 1.29 bits per heavy atom. The van der Waals surface area contributed by atoms with Crippen LogP contribution < -0.4 is 10.9 Å². The molecule has 1 N–H and O–H groups in total. The average molecular weight is 464 g/mol. The first-order valence-corrected chi connectivity index (χ1v) is 10.3. The summed E-state index contributed by atoms with van der Waals surface area (Å²) in [6, 6.07) is 6.92. The molecule has 0 bridgehead atoms. The zero-order chi connectivity index (χ0) is 20.3. The summed E-state index contributed by atoms with van der Waals surface area (Å²) in [7, 11) is 0. The quantitative estimate of drug-likeness (QED) is 0.563. The fourth-order valence-electron chi connectivity index (χ4n) is 2.63. The fraction of sp³-hybridized carbons (Fsp3) is 0.263. The number of rotatable bonds is 6. The number of hydrogen-bond acceptors (Lipinski definition) is 6. The van der Waals surface area contributed by atoms with Gasteiger partial charge in [-0.05, 0) is 37.6 Å². The van der Waals surface area contributed by atoms with Crippen molar-refractivity contribution in [2.75, 3.05) is 11.9 Å². The smallest absolute Gasteiger partial charge is 0.341 e. The molecular weight excluding hydrogens is 446 g/mol. The summed E-state index contributed by atoms with van der Waals surface area (Å²) in [4.78, 5) is 42.4. The van der Waals surface area contributed by atoms with Crippen LogP contribution in [0.1, 0.15) is 29.1 Å². The molecule has 1 aromatic carbocycles. The molecule has 2 aromatic heterocycles. The topological polar surface area (TPSA) is 90.3 Å². The number of nitrogens with one attached hydrogen (secondary N) is 1. The predicted molar refractivity (Wildman–Crippen MR) is 112 cm³/mol. The second kappa shape index (κ2) is 8.66. The van der Waals surface area contributed by atoms with Crippen LogP contribution in [-0.2, 0) is 22.5 Å². The SMILES string of the molecule is CCOC(=O)c1cc(CC)sc1NC(=O)Cn1cnc2ccc(Br)cc2c1=O. The minimum atomic E-state index is -0.483. The van der Waals surface area contributed by atoms with Gasteiger partial charge < -0.3 is 10.1 Å². The fourth-order valence-corrected chi connectivity index (χ4v) is 4.00. The number of amides is 1. The maximum absolute atomic E-state index is 12.6. The zero-order valence-electron chi connectivity index (χ0n) is 15.3. The molecule has 1 amide bonds. The molecule has 0 aliphatic carbocycles. The molecule has 0 aliphatic heterocycles. The molecule has 0 aliphatic rings. The van der Waals surface area contributed by atoms with Gasteiger partial charge in [-0.3, -0.25) is 14.2 Å². The summed E-state index contributed by atoms with van der Waals surface area (Å²) in [6.45, 7) is 3.72. The number of aromatic nitrogens is 2. The van der Waals surface area contributed by atoms with Crippen LogP contribution in [0.25, 0.3) is 10.9 Å². The lowest BCUT2D eigenvalue weighted by molar-refractivity contribution is -0.116. The summed E-state index contributed by atoms with van der Waals surface area (Å²) < 4.78 is 7.05. The average Bonchev–Trinajstić information content (AvgIpc) is 3.07. The number of carbonyl (C=O) groups is 2. The van der Waals surface area contributed by atoms with E-state index in [1.807, 2.05) is 6.92 Å². The molecule has 0 atom stereocenters. The summed E-state index contributed by atoms with van der Waals surface area (Å²) in [5, 5.41) is 3.56. The van der Waals surface area contributed by atoms with Crippen LogP contribution in [-0.4, -0.2) is 28.0 Å². The molecule has 0 radical (unpaired) electrons. The highest BCUT2D eigenvalue weighted by atomic mass is 79.9. The monoisotopic (exact) mass is 463 g/mol. The van der Waals surface area contributed by atoms with E-state index in [1.54, 1.807) is 31.2 Å². The van der Waals surface area contributed by atoms with Crippen molar-refractivity contribution in [1.82, 2.24) is 9.55 Å². The van der Waals surface area contributed by atoms with Crippen molar-refractivity contribution in [2.24, 2.45) is 0 Å². The lowest BCUT2D eigenvalue weighted by Crippen LogP contribution is -2.28. The van der Waals surface area contributed by atoms with Gasteiger partial charge in [0.2, 0.25) is 5.91 Å². The van der Waals surface area contributed by atoms with Crippen molar-refractivity contribution >= 4 is 55.0 Å². The van der Waals surface area contributed by atoms with Crippen LogP contribution in [0.2, 0.25) is 0 Å². The second-order valence-electron chi connectivity index (χ2n) is 5.92. The number of hydrogen-bond donors (Lipinski definition) is 1. The van der Waals surface area contributed by atoms with Gasteiger partial charge in [-0.15, -0.1) is 11.3 Å².